The molecule has 1 fully saturated rings. The number of aliphatic hydroxyl groups is 1. The summed E-state index contributed by atoms with van der Waals surface area (Å²) in [5.41, 5.74) is -0.436. The number of halogens is 2. The smallest absolute Gasteiger partial charge is 0.325 e. The Hall–Kier alpha value is -2.80. The predicted molar refractivity (Wildman–Crippen MR) is 90.0 cm³/mol. The van der Waals surface area contributed by atoms with Crippen LogP contribution in [0.2, 0.25) is 0 Å². The Morgan fingerprint density at radius 1 is 1.04 bits per heavy atom. The molecule has 0 aromatic heterocycles. The molecule has 0 spiro atoms. The number of urea groups is 1. The molecule has 1 aliphatic heterocycles. The van der Waals surface area contributed by atoms with Gasteiger partial charge >= 0.3 is 6.03 Å². The van der Waals surface area contributed by atoms with E-state index in [0.717, 1.165) is 4.90 Å². The lowest BCUT2D eigenvalue weighted by atomic mass is 9.87. The number of β-amino-alcohol motifs (C(OH)–C–C–N with tert-alkyl or cyclic N) is 1. The largest absolute Gasteiger partial charge is 0.387 e. The molecule has 7 heteroatoms. The topological polar surface area (TPSA) is 69.6 Å². The second-order valence-corrected chi connectivity index (χ2v) is 6.18. The van der Waals surface area contributed by atoms with Crippen LogP contribution in [0.3, 0.4) is 0 Å². The van der Waals surface area contributed by atoms with Crippen LogP contribution in [0.1, 0.15) is 30.6 Å². The molecule has 26 heavy (non-hydrogen) atoms. The maximum atomic E-state index is 13.2. The summed E-state index contributed by atoms with van der Waals surface area (Å²) >= 11 is 0. The normalized spacial score (nSPS) is 21.0. The number of rotatable bonds is 5. The van der Waals surface area contributed by atoms with Crippen LogP contribution in [0.15, 0.2) is 48.5 Å². The number of hydrogen-bond acceptors (Lipinski definition) is 3. The highest BCUT2D eigenvalue weighted by Gasteiger charge is 2.51. The summed E-state index contributed by atoms with van der Waals surface area (Å²) in [4.78, 5) is 26.3. The highest BCUT2D eigenvalue weighted by Crippen LogP contribution is 2.33. The van der Waals surface area contributed by atoms with Crippen molar-refractivity contribution in [2.75, 3.05) is 6.54 Å². The molecule has 3 amide bonds. The van der Waals surface area contributed by atoms with Crippen LogP contribution in [0.5, 0.6) is 0 Å². The van der Waals surface area contributed by atoms with Crippen LogP contribution in [-0.4, -0.2) is 28.5 Å². The monoisotopic (exact) mass is 360 g/mol. The molecular weight excluding hydrogens is 342 g/mol. The van der Waals surface area contributed by atoms with E-state index in [2.05, 4.69) is 5.32 Å². The van der Waals surface area contributed by atoms with Crippen LogP contribution in [0, 0.1) is 11.6 Å². The lowest BCUT2D eigenvalue weighted by Gasteiger charge is -2.26. The predicted octanol–water partition coefficient (Wildman–Crippen LogP) is 2.86. The molecule has 2 aromatic carbocycles. The summed E-state index contributed by atoms with van der Waals surface area (Å²) in [5, 5.41) is 13.0. The average molecular weight is 360 g/mol. The Bertz CT molecular complexity index is 824. The van der Waals surface area contributed by atoms with Gasteiger partial charge in [0, 0.05) is 0 Å². The van der Waals surface area contributed by atoms with Crippen LogP contribution >= 0.6 is 0 Å². The third kappa shape index (κ3) is 3.06. The third-order valence-corrected chi connectivity index (χ3v) is 4.65. The third-order valence-electron chi connectivity index (χ3n) is 4.65. The summed E-state index contributed by atoms with van der Waals surface area (Å²) in [5.74, 6) is -1.41. The number of hydrogen-bond donors (Lipinski definition) is 2. The first-order valence-electron chi connectivity index (χ1n) is 8.21. The molecule has 1 aliphatic rings. The van der Waals surface area contributed by atoms with Crippen molar-refractivity contribution in [3.8, 4) is 0 Å². The van der Waals surface area contributed by atoms with Crippen molar-refractivity contribution < 1.29 is 23.5 Å². The van der Waals surface area contributed by atoms with Crippen LogP contribution in [-0.2, 0) is 10.3 Å². The highest BCUT2D eigenvalue weighted by molar-refractivity contribution is 6.07. The number of imide groups is 1. The van der Waals surface area contributed by atoms with Crippen LogP contribution < -0.4 is 5.32 Å². The number of amides is 3. The Labute approximate surface area is 149 Å². The Kier molecular flexibility index (Phi) is 4.73. The molecule has 5 nitrogen and oxygen atoms in total. The Balaban J connectivity index is 1.85. The first-order valence-corrected chi connectivity index (χ1v) is 8.21. The van der Waals surface area contributed by atoms with Gasteiger partial charge in [0.1, 0.15) is 17.2 Å². The Morgan fingerprint density at radius 2 is 1.58 bits per heavy atom. The van der Waals surface area contributed by atoms with Gasteiger partial charge in [-0.25, -0.2) is 13.6 Å². The van der Waals surface area contributed by atoms with Gasteiger partial charge < -0.3 is 10.4 Å². The SMILES string of the molecule is CC[C@]1(c2ccc(F)cc2)NC(=O)N(C[C@@H](O)c2ccc(F)cc2)C1=O. The zero-order chi connectivity index (χ0) is 18.9. The zero-order valence-electron chi connectivity index (χ0n) is 14.1. The van der Waals surface area contributed by atoms with Crippen molar-refractivity contribution in [1.29, 1.82) is 0 Å². The maximum absolute atomic E-state index is 13.2. The molecule has 2 atom stereocenters. The van der Waals surface area contributed by atoms with Gasteiger partial charge in [-0.15, -0.1) is 0 Å². The highest BCUT2D eigenvalue weighted by atomic mass is 19.1. The molecule has 2 N–H and O–H groups in total. The Morgan fingerprint density at radius 3 is 2.12 bits per heavy atom. The van der Waals surface area contributed by atoms with Crippen molar-refractivity contribution in [3.05, 3.63) is 71.3 Å². The second-order valence-electron chi connectivity index (χ2n) is 6.18. The van der Waals surface area contributed by atoms with Crippen LogP contribution in [0.25, 0.3) is 0 Å². The van der Waals surface area contributed by atoms with Crippen molar-refractivity contribution in [1.82, 2.24) is 10.2 Å². The fraction of sp³-hybridized carbons (Fsp3) is 0.263. The number of aliphatic hydroxyl groups excluding tert-OH is 1. The lowest BCUT2D eigenvalue weighted by Crippen LogP contribution is -2.43. The first kappa shape index (κ1) is 18.0. The van der Waals surface area contributed by atoms with E-state index in [1.165, 1.54) is 48.5 Å². The van der Waals surface area contributed by atoms with E-state index < -0.39 is 35.2 Å². The minimum absolute atomic E-state index is 0.265. The molecule has 2 aromatic rings. The van der Waals surface area contributed by atoms with Crippen LogP contribution in [0.4, 0.5) is 13.6 Å². The molecule has 0 unspecified atom stereocenters. The van der Waals surface area contributed by atoms with Crippen molar-refractivity contribution in [2.24, 2.45) is 0 Å². The quantitative estimate of drug-likeness (QED) is 0.806. The molecular formula is C19H18F2N2O3. The summed E-state index contributed by atoms with van der Waals surface area (Å²) in [6, 6.07) is 9.90. The van der Waals surface area contributed by atoms with E-state index in [9.17, 15) is 23.5 Å². The van der Waals surface area contributed by atoms with Gasteiger partial charge in [0.2, 0.25) is 0 Å². The van der Waals surface area contributed by atoms with Gasteiger partial charge in [0.25, 0.3) is 5.91 Å². The number of carbonyl (C=O) groups is 2. The van der Waals surface area contributed by atoms with E-state index in [-0.39, 0.29) is 13.0 Å². The maximum Gasteiger partial charge on any atom is 0.325 e. The van der Waals surface area contributed by atoms with Gasteiger partial charge in [-0.2, -0.15) is 0 Å². The van der Waals surface area contributed by atoms with Gasteiger partial charge in [-0.1, -0.05) is 31.2 Å². The fourth-order valence-electron chi connectivity index (χ4n) is 3.13. The van der Waals surface area contributed by atoms with E-state index in [0.29, 0.717) is 11.1 Å². The molecule has 3 rings (SSSR count). The zero-order valence-corrected chi connectivity index (χ0v) is 14.1. The fourth-order valence-corrected chi connectivity index (χ4v) is 3.13. The van der Waals surface area contributed by atoms with Gasteiger partial charge in [0.05, 0.1) is 12.6 Å². The van der Waals surface area contributed by atoms with Gasteiger partial charge in [-0.3, -0.25) is 9.69 Å². The molecule has 1 saturated heterocycles. The summed E-state index contributed by atoms with van der Waals surface area (Å²) in [6.07, 6.45) is -0.877. The average Bonchev–Trinajstić information content (AvgIpc) is 2.88. The van der Waals surface area contributed by atoms with E-state index in [1.54, 1.807) is 6.92 Å². The second kappa shape index (κ2) is 6.84. The standard InChI is InChI=1S/C19H18F2N2O3/c1-2-19(13-5-9-15(21)10-6-13)17(25)23(18(26)22-19)11-16(24)12-3-7-14(20)8-4-12/h3-10,16,24H,2,11H2,1H3,(H,22,26)/t16-,19-/m1/s1. The first-order chi connectivity index (χ1) is 12.4. The molecule has 0 radical (unpaired) electrons. The van der Waals surface area contributed by atoms with Crippen molar-refractivity contribution >= 4 is 11.9 Å². The minimum Gasteiger partial charge on any atom is -0.387 e. The van der Waals surface area contributed by atoms with E-state index in [1.807, 2.05) is 0 Å². The number of nitrogens with zero attached hydrogens (tertiary/aromatic N) is 1. The molecule has 136 valence electrons. The number of nitrogens with one attached hydrogen (secondary N) is 1. The van der Waals surface area contributed by atoms with Crippen molar-refractivity contribution in [2.45, 2.75) is 25.0 Å². The van der Waals surface area contributed by atoms with E-state index in [4.69, 9.17) is 0 Å². The van der Waals surface area contributed by atoms with E-state index >= 15 is 0 Å². The lowest BCUT2D eigenvalue weighted by molar-refractivity contribution is -0.132. The minimum atomic E-state index is -1.30. The molecule has 0 aliphatic carbocycles. The summed E-state index contributed by atoms with van der Waals surface area (Å²) in [7, 11) is 0. The molecule has 0 saturated carbocycles. The number of benzene rings is 2. The molecule has 0 bridgehead atoms. The molecule has 1 heterocycles. The number of carbonyl (C=O) groups excluding carboxylic acids is 2. The van der Waals surface area contributed by atoms with Gasteiger partial charge in [0.15, 0.2) is 0 Å². The summed E-state index contributed by atoms with van der Waals surface area (Å²) in [6.45, 7) is 1.47. The summed E-state index contributed by atoms with van der Waals surface area (Å²) < 4.78 is 26.2. The van der Waals surface area contributed by atoms with Gasteiger partial charge in [-0.05, 0) is 41.8 Å². The van der Waals surface area contributed by atoms with Crippen molar-refractivity contribution in [3.63, 3.8) is 0 Å².